The molecule has 158 valence electrons. The van der Waals surface area contributed by atoms with E-state index >= 15 is 0 Å². The highest BCUT2D eigenvalue weighted by Gasteiger charge is 2.43. The summed E-state index contributed by atoms with van der Waals surface area (Å²) < 4.78 is 18.1. The van der Waals surface area contributed by atoms with E-state index in [2.05, 4.69) is 4.98 Å². The van der Waals surface area contributed by atoms with Crippen LogP contribution in [0.5, 0.6) is 11.8 Å². The summed E-state index contributed by atoms with van der Waals surface area (Å²) in [5, 5.41) is 29.3. The van der Waals surface area contributed by atoms with Crippen LogP contribution in [0.25, 0.3) is 0 Å². The van der Waals surface area contributed by atoms with Crippen molar-refractivity contribution in [3.8, 4) is 11.8 Å². The Bertz CT molecular complexity index is 1120. The zero-order chi connectivity index (χ0) is 21.3. The van der Waals surface area contributed by atoms with Crippen LogP contribution in [0.2, 0.25) is 0 Å². The molecular formula is C19H19N3O8. The number of aliphatic hydroxyl groups excluding tert-OH is 3. The molecule has 3 heterocycles. The predicted molar refractivity (Wildman–Crippen MR) is 100 cm³/mol. The Labute approximate surface area is 169 Å². The minimum Gasteiger partial charge on any atom is -0.412 e. The second kappa shape index (κ2) is 8.24. The Balaban J connectivity index is 1.58. The van der Waals surface area contributed by atoms with Crippen molar-refractivity contribution in [3.05, 3.63) is 75.4 Å². The molecule has 30 heavy (non-hydrogen) atoms. The van der Waals surface area contributed by atoms with Gasteiger partial charge in [-0.25, -0.2) is 4.79 Å². The van der Waals surface area contributed by atoms with Crippen LogP contribution < -0.4 is 16.0 Å². The van der Waals surface area contributed by atoms with Gasteiger partial charge in [-0.1, -0.05) is 18.2 Å². The molecule has 1 aliphatic heterocycles. The highest BCUT2D eigenvalue weighted by atomic mass is 16.6. The number of oxazole rings is 1. The maximum Gasteiger partial charge on any atom is 0.399 e. The molecule has 2 aromatic heterocycles. The molecule has 0 bridgehead atoms. The van der Waals surface area contributed by atoms with Gasteiger partial charge in [-0.3, -0.25) is 13.9 Å². The van der Waals surface area contributed by atoms with Crippen molar-refractivity contribution in [3.63, 3.8) is 0 Å². The zero-order valence-electron chi connectivity index (χ0n) is 15.6. The third-order valence-corrected chi connectivity index (χ3v) is 4.68. The fourth-order valence-electron chi connectivity index (χ4n) is 3.14. The molecule has 0 unspecified atom stereocenters. The van der Waals surface area contributed by atoms with E-state index in [4.69, 9.17) is 13.9 Å². The molecule has 1 aliphatic rings. The molecule has 1 aromatic carbocycles. The van der Waals surface area contributed by atoms with Gasteiger partial charge in [0.15, 0.2) is 6.23 Å². The molecule has 4 atom stereocenters. The molecule has 0 aliphatic carbocycles. The molecule has 0 amide bonds. The molecule has 1 saturated heterocycles. The number of ether oxygens (including phenoxy) is 2. The fourth-order valence-corrected chi connectivity index (χ4v) is 3.14. The summed E-state index contributed by atoms with van der Waals surface area (Å²) in [4.78, 5) is 29.0. The van der Waals surface area contributed by atoms with Crippen LogP contribution in [0.4, 0.5) is 0 Å². The minimum atomic E-state index is -1.46. The number of aromatic nitrogens is 3. The number of aliphatic hydroxyl groups is 3. The summed E-state index contributed by atoms with van der Waals surface area (Å²) in [6.07, 6.45) is -2.71. The van der Waals surface area contributed by atoms with E-state index in [1.807, 2.05) is 6.07 Å². The SMILES string of the molecule is O=c1ccn([C@@H]2O[C@H](CO)[C@@H](O)[C@H]2O)c(=O)n1Cc1cnc(Oc2ccccc2)o1. The second-order valence-electron chi connectivity index (χ2n) is 6.67. The standard InChI is InChI=1S/C19H19N3O8/c23-10-13-15(25)16(26)17(30-13)21-7-6-14(24)22(19(21)27)9-12-8-20-18(29-12)28-11-4-2-1-3-5-11/h1-8,13,15-17,23,25-26H,9-10H2/t13-,15-,16-,17-/m1/s1. The van der Waals surface area contributed by atoms with Crippen molar-refractivity contribution in [1.82, 2.24) is 14.1 Å². The van der Waals surface area contributed by atoms with Crippen molar-refractivity contribution in [1.29, 1.82) is 0 Å². The lowest BCUT2D eigenvalue weighted by atomic mass is 10.1. The Hall–Kier alpha value is -3.25. The first-order chi connectivity index (χ1) is 14.5. The molecule has 0 spiro atoms. The average molecular weight is 417 g/mol. The molecule has 4 rings (SSSR count). The Morgan fingerprint density at radius 1 is 1.10 bits per heavy atom. The third-order valence-electron chi connectivity index (χ3n) is 4.68. The molecule has 3 aromatic rings. The van der Waals surface area contributed by atoms with E-state index in [-0.39, 0.29) is 18.4 Å². The van der Waals surface area contributed by atoms with Crippen LogP contribution in [0.3, 0.4) is 0 Å². The number of para-hydroxylation sites is 1. The first-order valence-corrected chi connectivity index (χ1v) is 9.10. The van der Waals surface area contributed by atoms with Crippen LogP contribution in [-0.4, -0.2) is 54.4 Å². The van der Waals surface area contributed by atoms with Gasteiger partial charge in [0.05, 0.1) is 19.3 Å². The monoisotopic (exact) mass is 417 g/mol. The van der Waals surface area contributed by atoms with Crippen molar-refractivity contribution >= 4 is 0 Å². The number of hydrogen-bond donors (Lipinski definition) is 3. The van der Waals surface area contributed by atoms with Gasteiger partial charge in [0, 0.05) is 12.3 Å². The molecule has 11 heteroatoms. The smallest absolute Gasteiger partial charge is 0.399 e. The highest BCUT2D eigenvalue weighted by molar-refractivity contribution is 5.23. The second-order valence-corrected chi connectivity index (χ2v) is 6.67. The van der Waals surface area contributed by atoms with E-state index < -0.39 is 42.4 Å². The van der Waals surface area contributed by atoms with Crippen molar-refractivity contribution in [2.75, 3.05) is 6.61 Å². The highest BCUT2D eigenvalue weighted by Crippen LogP contribution is 2.28. The van der Waals surface area contributed by atoms with Gasteiger partial charge < -0.3 is 29.2 Å². The van der Waals surface area contributed by atoms with Crippen LogP contribution in [0, 0.1) is 0 Å². The van der Waals surface area contributed by atoms with Crippen molar-refractivity contribution in [2.24, 2.45) is 0 Å². The van der Waals surface area contributed by atoms with Gasteiger partial charge in [-0.05, 0) is 12.1 Å². The summed E-state index contributed by atoms with van der Waals surface area (Å²) in [6, 6.07) is 9.93. The predicted octanol–water partition coefficient (Wildman–Crippen LogP) is -0.550. The summed E-state index contributed by atoms with van der Waals surface area (Å²) in [7, 11) is 0. The third kappa shape index (κ3) is 3.78. The van der Waals surface area contributed by atoms with Gasteiger partial charge in [0.25, 0.3) is 5.56 Å². The van der Waals surface area contributed by atoms with Crippen molar-refractivity contribution in [2.45, 2.75) is 31.1 Å². The fraction of sp³-hybridized carbons (Fsp3) is 0.316. The van der Waals surface area contributed by atoms with Crippen LogP contribution >= 0.6 is 0 Å². The van der Waals surface area contributed by atoms with Gasteiger partial charge in [-0.2, -0.15) is 4.98 Å². The molecule has 0 radical (unpaired) electrons. The quantitative estimate of drug-likeness (QED) is 0.480. The molecule has 0 saturated carbocycles. The molecule has 3 N–H and O–H groups in total. The maximum absolute atomic E-state index is 12.8. The van der Waals surface area contributed by atoms with Crippen molar-refractivity contribution < 1.29 is 29.2 Å². The molecule has 1 fully saturated rings. The lowest BCUT2D eigenvalue weighted by molar-refractivity contribution is -0.0555. The van der Waals surface area contributed by atoms with Gasteiger partial charge in [-0.15, -0.1) is 0 Å². The first kappa shape index (κ1) is 20.0. The van der Waals surface area contributed by atoms with E-state index in [1.165, 1.54) is 6.20 Å². The Kier molecular flexibility index (Phi) is 5.50. The van der Waals surface area contributed by atoms with E-state index in [1.54, 1.807) is 24.3 Å². The van der Waals surface area contributed by atoms with Crippen LogP contribution in [0.1, 0.15) is 12.0 Å². The van der Waals surface area contributed by atoms with Gasteiger partial charge in [0.1, 0.15) is 29.8 Å². The van der Waals surface area contributed by atoms with E-state index in [0.29, 0.717) is 5.75 Å². The molecular weight excluding hydrogens is 398 g/mol. The normalized spacial score (nSPS) is 23.6. The summed E-state index contributed by atoms with van der Waals surface area (Å²) >= 11 is 0. The summed E-state index contributed by atoms with van der Waals surface area (Å²) in [5.41, 5.74) is -1.40. The topological polar surface area (TPSA) is 149 Å². The lowest BCUT2D eigenvalue weighted by Crippen LogP contribution is -2.43. The first-order valence-electron chi connectivity index (χ1n) is 9.10. The van der Waals surface area contributed by atoms with E-state index in [9.17, 15) is 24.9 Å². The number of benzene rings is 1. The van der Waals surface area contributed by atoms with E-state index in [0.717, 1.165) is 21.4 Å². The van der Waals surface area contributed by atoms with Gasteiger partial charge >= 0.3 is 11.8 Å². The summed E-state index contributed by atoms with van der Waals surface area (Å²) in [6.45, 7) is -0.774. The number of hydrogen-bond acceptors (Lipinski definition) is 9. The largest absolute Gasteiger partial charge is 0.412 e. The van der Waals surface area contributed by atoms with Gasteiger partial charge in [0.2, 0.25) is 0 Å². The lowest BCUT2D eigenvalue weighted by Gasteiger charge is -2.18. The minimum absolute atomic E-state index is 0.0519. The Morgan fingerprint density at radius 2 is 1.87 bits per heavy atom. The molecule has 11 nitrogen and oxygen atoms in total. The average Bonchev–Trinajstić information content (AvgIpc) is 3.30. The number of nitrogens with zero attached hydrogens (tertiary/aromatic N) is 3. The van der Waals surface area contributed by atoms with Crippen LogP contribution in [-0.2, 0) is 11.3 Å². The number of rotatable bonds is 6. The Morgan fingerprint density at radius 3 is 2.57 bits per heavy atom. The summed E-state index contributed by atoms with van der Waals surface area (Å²) in [5.74, 6) is 0.702. The zero-order valence-corrected chi connectivity index (χ0v) is 15.6. The van der Waals surface area contributed by atoms with Crippen LogP contribution in [0.15, 0.2) is 62.8 Å². The maximum atomic E-state index is 12.8.